The molecule has 6 heteroatoms. The van der Waals surface area contributed by atoms with Crippen molar-refractivity contribution in [1.29, 1.82) is 0 Å². The number of alkyl halides is 2. The van der Waals surface area contributed by atoms with Crippen LogP contribution in [-0.4, -0.2) is 38.9 Å². The van der Waals surface area contributed by atoms with Crippen LogP contribution in [-0.2, 0) is 14.3 Å². The lowest BCUT2D eigenvalue weighted by Gasteiger charge is -2.27. The van der Waals surface area contributed by atoms with Crippen LogP contribution in [0.5, 0.6) is 0 Å². The van der Waals surface area contributed by atoms with E-state index in [0.29, 0.717) is 0 Å². The highest BCUT2D eigenvalue weighted by atomic mass is 19.3. The standard InChI is InChI=1S/C11H19F2NO3/c1-16-9(17-2)7-14-10(15)8-3-5-11(12,13)6-4-8/h8-9H,3-7H2,1-2H3,(H,14,15). The molecule has 1 aliphatic carbocycles. The fraction of sp³-hybridized carbons (Fsp3) is 0.909. The van der Waals surface area contributed by atoms with E-state index in [9.17, 15) is 13.6 Å². The summed E-state index contributed by atoms with van der Waals surface area (Å²) in [7, 11) is 2.95. The van der Waals surface area contributed by atoms with Crippen LogP contribution in [0.15, 0.2) is 0 Å². The lowest BCUT2D eigenvalue weighted by Crippen LogP contribution is -2.40. The van der Waals surface area contributed by atoms with Crippen molar-refractivity contribution in [3.63, 3.8) is 0 Å². The lowest BCUT2D eigenvalue weighted by atomic mass is 9.86. The van der Waals surface area contributed by atoms with E-state index in [2.05, 4.69) is 5.32 Å². The summed E-state index contributed by atoms with van der Waals surface area (Å²) in [5.41, 5.74) is 0. The van der Waals surface area contributed by atoms with Crippen molar-refractivity contribution in [2.75, 3.05) is 20.8 Å². The van der Waals surface area contributed by atoms with E-state index >= 15 is 0 Å². The quantitative estimate of drug-likeness (QED) is 0.754. The maximum absolute atomic E-state index is 12.9. The van der Waals surface area contributed by atoms with E-state index in [4.69, 9.17) is 9.47 Å². The molecule has 0 heterocycles. The molecule has 0 aromatic heterocycles. The van der Waals surface area contributed by atoms with Crippen molar-refractivity contribution < 1.29 is 23.0 Å². The van der Waals surface area contributed by atoms with E-state index in [1.807, 2.05) is 0 Å². The monoisotopic (exact) mass is 251 g/mol. The molecule has 1 saturated carbocycles. The smallest absolute Gasteiger partial charge is 0.248 e. The third kappa shape index (κ3) is 4.55. The first-order valence-corrected chi connectivity index (χ1v) is 5.69. The zero-order valence-corrected chi connectivity index (χ0v) is 10.2. The Morgan fingerprint density at radius 2 is 1.88 bits per heavy atom. The topological polar surface area (TPSA) is 47.6 Å². The van der Waals surface area contributed by atoms with Gasteiger partial charge in [0.25, 0.3) is 0 Å². The number of carbonyl (C=O) groups excluding carboxylic acids is 1. The molecule has 0 aliphatic heterocycles. The van der Waals surface area contributed by atoms with Crippen molar-refractivity contribution in [2.24, 2.45) is 5.92 Å². The number of hydrogen-bond acceptors (Lipinski definition) is 3. The minimum atomic E-state index is -2.60. The molecule has 1 aliphatic rings. The van der Waals surface area contributed by atoms with Gasteiger partial charge in [0.15, 0.2) is 6.29 Å². The molecule has 0 spiro atoms. The summed E-state index contributed by atoms with van der Waals surface area (Å²) < 4.78 is 35.6. The van der Waals surface area contributed by atoms with Gasteiger partial charge in [0.2, 0.25) is 11.8 Å². The van der Waals surface area contributed by atoms with Gasteiger partial charge in [0.1, 0.15) is 0 Å². The third-order valence-electron chi connectivity index (χ3n) is 3.06. The van der Waals surface area contributed by atoms with E-state index < -0.39 is 12.2 Å². The summed E-state index contributed by atoms with van der Waals surface area (Å²) in [5, 5.41) is 2.65. The molecule has 17 heavy (non-hydrogen) atoms. The number of carbonyl (C=O) groups is 1. The van der Waals surface area contributed by atoms with Gasteiger partial charge in [0.05, 0.1) is 6.54 Å². The molecule has 1 N–H and O–H groups in total. The minimum absolute atomic E-state index is 0.195. The summed E-state index contributed by atoms with van der Waals surface area (Å²) in [6.07, 6.45) is -0.428. The lowest BCUT2D eigenvalue weighted by molar-refractivity contribution is -0.134. The first-order chi connectivity index (χ1) is 7.98. The molecule has 0 bridgehead atoms. The van der Waals surface area contributed by atoms with Gasteiger partial charge in [0, 0.05) is 33.0 Å². The van der Waals surface area contributed by atoms with E-state index in [1.165, 1.54) is 14.2 Å². The number of rotatable bonds is 5. The summed E-state index contributed by atoms with van der Waals surface area (Å²) >= 11 is 0. The Balaban J connectivity index is 2.29. The van der Waals surface area contributed by atoms with Crippen molar-refractivity contribution in [3.05, 3.63) is 0 Å². The Morgan fingerprint density at radius 1 is 1.35 bits per heavy atom. The molecule has 1 rings (SSSR count). The molecule has 0 aromatic carbocycles. The number of nitrogens with one attached hydrogen (secondary N) is 1. The fourth-order valence-electron chi connectivity index (χ4n) is 1.89. The number of hydrogen-bond donors (Lipinski definition) is 1. The molecule has 0 radical (unpaired) electrons. The summed E-state index contributed by atoms with van der Waals surface area (Å²) in [5.74, 6) is -3.11. The van der Waals surface area contributed by atoms with Crippen LogP contribution in [0.2, 0.25) is 0 Å². The maximum atomic E-state index is 12.9. The molecular weight excluding hydrogens is 232 g/mol. The van der Waals surface area contributed by atoms with Crippen molar-refractivity contribution >= 4 is 5.91 Å². The van der Waals surface area contributed by atoms with Crippen LogP contribution in [0.4, 0.5) is 8.78 Å². The fourth-order valence-corrected chi connectivity index (χ4v) is 1.89. The van der Waals surface area contributed by atoms with Gasteiger partial charge in [-0.25, -0.2) is 8.78 Å². The van der Waals surface area contributed by atoms with E-state index in [-0.39, 0.29) is 44.1 Å². The Hall–Kier alpha value is -0.750. The van der Waals surface area contributed by atoms with Gasteiger partial charge in [-0.3, -0.25) is 4.79 Å². The molecule has 1 amide bonds. The zero-order valence-electron chi connectivity index (χ0n) is 10.2. The number of methoxy groups -OCH3 is 2. The molecule has 100 valence electrons. The highest BCUT2D eigenvalue weighted by molar-refractivity contribution is 5.78. The van der Waals surface area contributed by atoms with E-state index in [0.717, 1.165) is 0 Å². The number of ether oxygens (including phenoxy) is 2. The van der Waals surface area contributed by atoms with Crippen molar-refractivity contribution in [1.82, 2.24) is 5.32 Å². The summed E-state index contributed by atoms with van der Waals surface area (Å²) in [6.45, 7) is 0.235. The number of amides is 1. The summed E-state index contributed by atoms with van der Waals surface area (Å²) in [4.78, 5) is 11.7. The normalized spacial score (nSPS) is 20.5. The van der Waals surface area contributed by atoms with Crippen molar-refractivity contribution in [2.45, 2.75) is 37.9 Å². The van der Waals surface area contributed by atoms with Gasteiger partial charge in [-0.2, -0.15) is 0 Å². The third-order valence-corrected chi connectivity index (χ3v) is 3.06. The zero-order chi connectivity index (χ0) is 12.9. The Morgan fingerprint density at radius 3 is 2.35 bits per heavy atom. The first-order valence-electron chi connectivity index (χ1n) is 5.69. The second kappa shape index (κ2) is 6.26. The average Bonchev–Trinajstić information content (AvgIpc) is 2.30. The molecule has 1 fully saturated rings. The minimum Gasteiger partial charge on any atom is -0.354 e. The van der Waals surface area contributed by atoms with Crippen LogP contribution >= 0.6 is 0 Å². The van der Waals surface area contributed by atoms with Crippen LogP contribution in [0.25, 0.3) is 0 Å². The molecule has 0 aromatic rings. The predicted molar refractivity (Wildman–Crippen MR) is 57.7 cm³/mol. The predicted octanol–water partition coefficient (Wildman–Crippen LogP) is 1.55. The van der Waals surface area contributed by atoms with Crippen LogP contribution in [0, 0.1) is 5.92 Å². The Labute approximate surface area is 99.7 Å². The first kappa shape index (κ1) is 14.3. The number of halogens is 2. The van der Waals surface area contributed by atoms with Gasteiger partial charge in [-0.15, -0.1) is 0 Å². The molecular formula is C11H19F2NO3. The van der Waals surface area contributed by atoms with Gasteiger partial charge >= 0.3 is 0 Å². The second-order valence-corrected chi connectivity index (χ2v) is 4.28. The maximum Gasteiger partial charge on any atom is 0.248 e. The highest BCUT2D eigenvalue weighted by Gasteiger charge is 2.37. The molecule has 4 nitrogen and oxygen atoms in total. The van der Waals surface area contributed by atoms with Crippen LogP contribution < -0.4 is 5.32 Å². The van der Waals surface area contributed by atoms with Gasteiger partial charge in [-0.1, -0.05) is 0 Å². The van der Waals surface area contributed by atoms with Gasteiger partial charge < -0.3 is 14.8 Å². The SMILES string of the molecule is COC(CNC(=O)C1CCC(F)(F)CC1)OC. The molecule has 0 saturated heterocycles. The van der Waals surface area contributed by atoms with Crippen LogP contribution in [0.3, 0.4) is 0 Å². The highest BCUT2D eigenvalue weighted by Crippen LogP contribution is 2.36. The summed E-state index contributed by atoms with van der Waals surface area (Å²) in [6, 6.07) is 0. The Bertz CT molecular complexity index is 247. The van der Waals surface area contributed by atoms with Crippen molar-refractivity contribution in [3.8, 4) is 0 Å². The van der Waals surface area contributed by atoms with E-state index in [1.54, 1.807) is 0 Å². The molecule has 0 unspecified atom stereocenters. The van der Waals surface area contributed by atoms with Gasteiger partial charge in [-0.05, 0) is 12.8 Å². The molecule has 0 atom stereocenters. The average molecular weight is 251 g/mol. The second-order valence-electron chi connectivity index (χ2n) is 4.28. The largest absolute Gasteiger partial charge is 0.354 e. The Kier molecular flexibility index (Phi) is 5.27. The van der Waals surface area contributed by atoms with Crippen LogP contribution in [0.1, 0.15) is 25.7 Å².